The van der Waals surface area contributed by atoms with E-state index < -0.39 is 0 Å². The van der Waals surface area contributed by atoms with E-state index in [0.29, 0.717) is 6.54 Å². The molecule has 0 fully saturated rings. The average molecular weight is 366 g/mol. The van der Waals surface area contributed by atoms with Crippen molar-refractivity contribution in [3.63, 3.8) is 0 Å². The summed E-state index contributed by atoms with van der Waals surface area (Å²) in [5.41, 5.74) is 3.97. The maximum Gasteiger partial charge on any atom is 0.317 e. The Kier molecular flexibility index (Phi) is 5.90. The van der Waals surface area contributed by atoms with Crippen molar-refractivity contribution in [2.45, 2.75) is 32.9 Å². The predicted octanol–water partition coefficient (Wildman–Crippen LogP) is 3.37. The second kappa shape index (κ2) is 8.53. The van der Waals surface area contributed by atoms with E-state index in [9.17, 15) is 4.79 Å². The van der Waals surface area contributed by atoms with Crippen LogP contribution in [0.5, 0.6) is 0 Å². The molecule has 7 heteroatoms. The van der Waals surface area contributed by atoms with Crippen LogP contribution < -0.4 is 5.32 Å². The Morgan fingerprint density at radius 2 is 2.11 bits per heavy atom. The number of aromatic nitrogens is 4. The van der Waals surface area contributed by atoms with Gasteiger partial charge in [-0.15, -0.1) is 0 Å². The first-order chi connectivity index (χ1) is 13.0. The van der Waals surface area contributed by atoms with Gasteiger partial charge in [-0.2, -0.15) is 10.2 Å². The number of aryl methyl sites for hydroxylation is 2. The molecule has 2 N–H and O–H groups in total. The first-order valence-corrected chi connectivity index (χ1v) is 9.15. The maximum atomic E-state index is 12.4. The van der Waals surface area contributed by atoms with E-state index >= 15 is 0 Å². The van der Waals surface area contributed by atoms with Crippen LogP contribution in [0.4, 0.5) is 4.79 Å². The molecule has 3 aromatic rings. The van der Waals surface area contributed by atoms with Crippen molar-refractivity contribution in [3.05, 3.63) is 60.0 Å². The molecule has 0 aliphatic rings. The number of hydrogen-bond donors (Lipinski definition) is 2. The second-order valence-electron chi connectivity index (χ2n) is 6.73. The van der Waals surface area contributed by atoms with E-state index in [2.05, 4.69) is 20.6 Å². The van der Waals surface area contributed by atoms with Crippen LogP contribution in [0.1, 0.15) is 30.6 Å². The Hall–Kier alpha value is -3.09. The lowest BCUT2D eigenvalue weighted by Gasteiger charge is -2.24. The number of urea groups is 1. The molecule has 2 aromatic heterocycles. The standard InChI is InChI=1S/C20H26N6O/c1-15-13-22-26(14-15)11-7-10-21-20(27)25(3)16(2)18-12-19(24-23-18)17-8-5-4-6-9-17/h4-6,8-9,12-14,16H,7,10-11H2,1-3H3,(H,21,27)(H,23,24)/t16-/m1/s1. The molecular formula is C20H26N6O. The molecule has 0 aliphatic heterocycles. The van der Waals surface area contributed by atoms with Crippen molar-refractivity contribution in [2.75, 3.05) is 13.6 Å². The largest absolute Gasteiger partial charge is 0.338 e. The molecule has 0 aliphatic carbocycles. The van der Waals surface area contributed by atoms with Crippen molar-refractivity contribution in [1.82, 2.24) is 30.2 Å². The van der Waals surface area contributed by atoms with Crippen molar-refractivity contribution >= 4 is 6.03 Å². The van der Waals surface area contributed by atoms with Crippen LogP contribution in [0.3, 0.4) is 0 Å². The van der Waals surface area contributed by atoms with Crippen LogP contribution in [0.25, 0.3) is 11.3 Å². The summed E-state index contributed by atoms with van der Waals surface area (Å²) in [5.74, 6) is 0. The van der Waals surface area contributed by atoms with Gasteiger partial charge in [0.25, 0.3) is 0 Å². The molecule has 3 rings (SSSR count). The van der Waals surface area contributed by atoms with Crippen LogP contribution in [-0.4, -0.2) is 44.5 Å². The summed E-state index contributed by atoms with van der Waals surface area (Å²) in [6.45, 7) is 5.39. The van der Waals surface area contributed by atoms with Gasteiger partial charge in [-0.1, -0.05) is 30.3 Å². The molecule has 142 valence electrons. The molecule has 1 atom stereocenters. The van der Waals surface area contributed by atoms with E-state index in [4.69, 9.17) is 0 Å². The van der Waals surface area contributed by atoms with Gasteiger partial charge < -0.3 is 10.2 Å². The lowest BCUT2D eigenvalue weighted by atomic mass is 10.1. The monoisotopic (exact) mass is 366 g/mol. The molecule has 0 radical (unpaired) electrons. The average Bonchev–Trinajstić information content (AvgIpc) is 3.34. The highest BCUT2D eigenvalue weighted by atomic mass is 16.2. The van der Waals surface area contributed by atoms with Gasteiger partial charge in [-0.3, -0.25) is 9.78 Å². The highest BCUT2D eigenvalue weighted by Crippen LogP contribution is 2.22. The number of benzene rings is 1. The molecule has 7 nitrogen and oxygen atoms in total. The summed E-state index contributed by atoms with van der Waals surface area (Å²) in [5, 5.41) is 14.6. The van der Waals surface area contributed by atoms with Gasteiger partial charge in [0.2, 0.25) is 0 Å². The van der Waals surface area contributed by atoms with E-state index in [1.807, 2.05) is 67.3 Å². The van der Waals surface area contributed by atoms with Gasteiger partial charge in [0.15, 0.2) is 0 Å². The van der Waals surface area contributed by atoms with Crippen molar-refractivity contribution < 1.29 is 4.79 Å². The number of nitrogens with zero attached hydrogens (tertiary/aromatic N) is 4. The predicted molar refractivity (Wildman–Crippen MR) is 105 cm³/mol. The van der Waals surface area contributed by atoms with Gasteiger partial charge in [0.1, 0.15) is 0 Å². The number of nitrogens with one attached hydrogen (secondary N) is 2. The van der Waals surface area contributed by atoms with Crippen LogP contribution >= 0.6 is 0 Å². The highest BCUT2D eigenvalue weighted by Gasteiger charge is 2.19. The Balaban J connectivity index is 1.49. The van der Waals surface area contributed by atoms with Crippen LogP contribution in [0.15, 0.2) is 48.8 Å². The third kappa shape index (κ3) is 4.75. The van der Waals surface area contributed by atoms with E-state index in [1.165, 1.54) is 0 Å². The SMILES string of the molecule is Cc1cnn(CCCNC(=O)N(C)[C@H](C)c2cc(-c3ccccc3)n[nH]2)c1. The fourth-order valence-electron chi connectivity index (χ4n) is 2.84. The fraction of sp³-hybridized carbons (Fsp3) is 0.350. The molecular weight excluding hydrogens is 340 g/mol. The molecule has 0 spiro atoms. The molecule has 0 saturated heterocycles. The minimum atomic E-state index is -0.108. The van der Waals surface area contributed by atoms with Crippen LogP contribution in [-0.2, 0) is 6.54 Å². The lowest BCUT2D eigenvalue weighted by Crippen LogP contribution is -2.39. The van der Waals surface area contributed by atoms with Gasteiger partial charge in [0.05, 0.1) is 23.6 Å². The number of carbonyl (C=O) groups is 1. The second-order valence-corrected chi connectivity index (χ2v) is 6.73. The van der Waals surface area contributed by atoms with E-state index in [-0.39, 0.29) is 12.1 Å². The van der Waals surface area contributed by atoms with Gasteiger partial charge in [0, 0.05) is 31.9 Å². The van der Waals surface area contributed by atoms with Gasteiger partial charge in [-0.05, 0) is 31.9 Å². The minimum absolute atomic E-state index is 0.102. The molecule has 2 amide bonds. The maximum absolute atomic E-state index is 12.4. The van der Waals surface area contributed by atoms with Gasteiger partial charge in [-0.25, -0.2) is 4.79 Å². The molecule has 0 saturated carbocycles. The summed E-state index contributed by atoms with van der Waals surface area (Å²) < 4.78 is 1.89. The normalized spacial score (nSPS) is 12.0. The minimum Gasteiger partial charge on any atom is -0.338 e. The molecule has 1 aromatic carbocycles. The van der Waals surface area contributed by atoms with Crippen LogP contribution in [0.2, 0.25) is 0 Å². The third-order valence-corrected chi connectivity index (χ3v) is 4.62. The number of hydrogen-bond acceptors (Lipinski definition) is 3. The Morgan fingerprint density at radius 3 is 2.81 bits per heavy atom. The van der Waals surface area contributed by atoms with Crippen molar-refractivity contribution in [3.8, 4) is 11.3 Å². The number of amides is 2. The highest BCUT2D eigenvalue weighted by molar-refractivity contribution is 5.74. The van der Waals surface area contributed by atoms with Gasteiger partial charge >= 0.3 is 6.03 Å². The third-order valence-electron chi connectivity index (χ3n) is 4.62. The van der Waals surface area contributed by atoms with E-state index in [1.54, 1.807) is 11.9 Å². The number of H-pyrrole nitrogens is 1. The smallest absolute Gasteiger partial charge is 0.317 e. The van der Waals surface area contributed by atoms with Crippen molar-refractivity contribution in [2.24, 2.45) is 0 Å². The van der Waals surface area contributed by atoms with E-state index in [0.717, 1.165) is 35.5 Å². The zero-order valence-corrected chi connectivity index (χ0v) is 16.0. The first kappa shape index (κ1) is 18.7. The summed E-state index contributed by atoms with van der Waals surface area (Å²) in [6, 6.07) is 11.8. The number of carbonyl (C=O) groups excluding carboxylic acids is 1. The Morgan fingerprint density at radius 1 is 1.33 bits per heavy atom. The van der Waals surface area contributed by atoms with Crippen LogP contribution in [0, 0.1) is 6.92 Å². The lowest BCUT2D eigenvalue weighted by molar-refractivity contribution is 0.193. The summed E-state index contributed by atoms with van der Waals surface area (Å²) >= 11 is 0. The number of rotatable bonds is 7. The summed E-state index contributed by atoms with van der Waals surface area (Å²) in [7, 11) is 1.79. The number of aromatic amines is 1. The Labute approximate surface area is 159 Å². The molecule has 2 heterocycles. The van der Waals surface area contributed by atoms with Crippen molar-refractivity contribution in [1.29, 1.82) is 0 Å². The fourth-order valence-corrected chi connectivity index (χ4v) is 2.84. The topological polar surface area (TPSA) is 78.8 Å². The first-order valence-electron chi connectivity index (χ1n) is 9.15. The quantitative estimate of drug-likeness (QED) is 0.629. The zero-order chi connectivity index (χ0) is 19.2. The molecule has 0 unspecified atom stereocenters. The molecule has 0 bridgehead atoms. The summed E-state index contributed by atoms with van der Waals surface area (Å²) in [4.78, 5) is 14.1. The Bertz CT molecular complexity index is 869. The zero-order valence-electron chi connectivity index (χ0n) is 16.0. The molecule has 27 heavy (non-hydrogen) atoms. The summed E-state index contributed by atoms with van der Waals surface area (Å²) in [6.07, 6.45) is 4.66.